The first-order chi connectivity index (χ1) is 21.3. The molecule has 3 aliphatic rings. The molecule has 1 aliphatic carbocycles. The highest BCUT2D eigenvalue weighted by Crippen LogP contribution is 2.37. The lowest BCUT2D eigenvalue weighted by atomic mass is 9.82. The summed E-state index contributed by atoms with van der Waals surface area (Å²) in [6.45, 7) is 3.19. The molecule has 6 rings (SSSR count). The van der Waals surface area contributed by atoms with Gasteiger partial charge >= 0.3 is 0 Å². The van der Waals surface area contributed by atoms with E-state index >= 15 is 0 Å². The molecular weight excluding hydrogens is 567 g/mol. The Labute approximate surface area is 255 Å². The maximum Gasteiger partial charge on any atom is 0.252 e. The van der Waals surface area contributed by atoms with Gasteiger partial charge in [0.1, 0.15) is 0 Å². The van der Waals surface area contributed by atoms with Crippen molar-refractivity contribution in [2.75, 3.05) is 19.7 Å². The monoisotopic (exact) mass is 603 g/mol. The van der Waals surface area contributed by atoms with Crippen LogP contribution in [-0.4, -0.2) is 59.4 Å². The zero-order chi connectivity index (χ0) is 30.8. The summed E-state index contributed by atoms with van der Waals surface area (Å²) >= 11 is 0. The first-order valence-electron chi connectivity index (χ1n) is 15.2. The number of hydrogen-bond acceptors (Lipinski definition) is 4. The molecule has 230 valence electrons. The van der Waals surface area contributed by atoms with E-state index in [1.54, 1.807) is 6.92 Å². The predicted octanol–water partition coefficient (Wildman–Crippen LogP) is 5.65. The van der Waals surface area contributed by atoms with E-state index in [0.29, 0.717) is 38.9 Å². The maximum absolute atomic E-state index is 14.4. The van der Waals surface area contributed by atoms with Crippen LogP contribution in [0.3, 0.4) is 0 Å². The summed E-state index contributed by atoms with van der Waals surface area (Å²) in [4.78, 5) is 30.6. The van der Waals surface area contributed by atoms with Gasteiger partial charge in [-0.2, -0.15) is 4.39 Å². The molecule has 3 aromatic rings. The van der Waals surface area contributed by atoms with Crippen molar-refractivity contribution in [1.82, 2.24) is 15.1 Å². The lowest BCUT2D eigenvalue weighted by Crippen LogP contribution is -2.61. The number of piperazine rings is 1. The number of aryl methyl sites for hydroxylation is 1. The van der Waals surface area contributed by atoms with Crippen molar-refractivity contribution in [2.45, 2.75) is 63.7 Å². The van der Waals surface area contributed by atoms with Gasteiger partial charge in [0.15, 0.2) is 17.4 Å². The van der Waals surface area contributed by atoms with E-state index in [1.165, 1.54) is 0 Å². The predicted molar refractivity (Wildman–Crippen MR) is 161 cm³/mol. The highest BCUT2D eigenvalue weighted by molar-refractivity contribution is 6.03. The molecule has 2 aliphatic heterocycles. The Bertz CT molecular complexity index is 1560. The van der Waals surface area contributed by atoms with Gasteiger partial charge in [0.05, 0.1) is 12.6 Å². The topological polar surface area (TPSA) is 61.9 Å². The third-order valence-corrected chi connectivity index (χ3v) is 8.69. The summed E-state index contributed by atoms with van der Waals surface area (Å²) in [6, 6.07) is 19.6. The van der Waals surface area contributed by atoms with E-state index in [2.05, 4.69) is 5.32 Å². The van der Waals surface area contributed by atoms with Gasteiger partial charge in [-0.3, -0.25) is 9.59 Å². The molecule has 1 saturated heterocycles. The smallest absolute Gasteiger partial charge is 0.252 e. The number of carbonyl (C=O) groups excluding carboxylic acids is 2. The lowest BCUT2D eigenvalue weighted by Gasteiger charge is -2.44. The number of halogens is 3. The molecule has 6 nitrogen and oxygen atoms in total. The molecule has 0 aromatic heterocycles. The average Bonchev–Trinajstić information content (AvgIpc) is 3.87. The van der Waals surface area contributed by atoms with Crippen LogP contribution in [0.5, 0.6) is 5.75 Å². The van der Waals surface area contributed by atoms with Crippen molar-refractivity contribution in [3.8, 4) is 5.75 Å². The third-order valence-electron chi connectivity index (χ3n) is 8.69. The molecule has 2 heterocycles. The van der Waals surface area contributed by atoms with Crippen molar-refractivity contribution in [2.24, 2.45) is 0 Å². The normalized spacial score (nSPS) is 19.6. The quantitative estimate of drug-likeness (QED) is 0.240. The molecule has 2 atom stereocenters. The molecule has 1 N–H and O–H groups in total. The van der Waals surface area contributed by atoms with Gasteiger partial charge in [0.2, 0.25) is 11.7 Å². The standard InChI is InChI=1S/C35H36F3N3O3/c1-22(42)40-20-26-18-28(25-11-9-23(10-12-25)8-5-17-44-34-30(37)16-15-29(36)33(34)38)32(31(21-40)39-26)35(43)41(27-13-14-27)19-24-6-3-2-4-7-24/h2-4,6-7,9-12,15-16,26-27,31,39H,5,8,13-14,17-21H2,1H3/t26-,31-/m1/s1. The van der Waals surface area contributed by atoms with Gasteiger partial charge in [-0.25, -0.2) is 8.78 Å². The first kappa shape index (κ1) is 29.9. The summed E-state index contributed by atoms with van der Waals surface area (Å²) in [5.74, 6) is -4.08. The summed E-state index contributed by atoms with van der Waals surface area (Å²) in [7, 11) is 0. The lowest BCUT2D eigenvalue weighted by molar-refractivity contribution is -0.132. The molecule has 0 radical (unpaired) electrons. The van der Waals surface area contributed by atoms with Crippen LogP contribution in [0.15, 0.2) is 72.3 Å². The minimum atomic E-state index is -1.32. The molecule has 9 heteroatoms. The van der Waals surface area contributed by atoms with Gasteiger partial charge in [0.25, 0.3) is 5.91 Å². The number of amides is 2. The van der Waals surface area contributed by atoms with Crippen LogP contribution in [-0.2, 0) is 22.6 Å². The Morgan fingerprint density at radius 3 is 2.36 bits per heavy atom. The van der Waals surface area contributed by atoms with Crippen molar-refractivity contribution >= 4 is 17.4 Å². The second-order valence-corrected chi connectivity index (χ2v) is 11.9. The van der Waals surface area contributed by atoms with Crippen molar-refractivity contribution in [3.05, 3.63) is 106 Å². The molecule has 2 fully saturated rings. The number of hydrogen-bond donors (Lipinski definition) is 1. The van der Waals surface area contributed by atoms with Crippen LogP contribution < -0.4 is 10.1 Å². The fourth-order valence-electron chi connectivity index (χ4n) is 6.28. The Morgan fingerprint density at radius 1 is 0.932 bits per heavy atom. The number of nitrogens with one attached hydrogen (secondary N) is 1. The van der Waals surface area contributed by atoms with Gasteiger partial charge in [-0.15, -0.1) is 0 Å². The van der Waals surface area contributed by atoms with E-state index in [-0.39, 0.29) is 36.5 Å². The number of carbonyl (C=O) groups is 2. The van der Waals surface area contributed by atoms with E-state index in [9.17, 15) is 22.8 Å². The minimum Gasteiger partial charge on any atom is -0.488 e. The van der Waals surface area contributed by atoms with Crippen LogP contribution in [0.2, 0.25) is 0 Å². The Balaban J connectivity index is 1.22. The Morgan fingerprint density at radius 2 is 1.66 bits per heavy atom. The number of rotatable bonds is 10. The van der Waals surface area contributed by atoms with Crippen LogP contribution in [0, 0.1) is 17.5 Å². The fourth-order valence-corrected chi connectivity index (χ4v) is 6.28. The molecule has 2 bridgehead atoms. The van der Waals surface area contributed by atoms with E-state index in [4.69, 9.17) is 4.74 Å². The van der Waals surface area contributed by atoms with E-state index in [1.807, 2.05) is 64.4 Å². The largest absolute Gasteiger partial charge is 0.488 e. The minimum absolute atomic E-state index is 0.0105. The summed E-state index contributed by atoms with van der Waals surface area (Å²) in [5.41, 5.74) is 4.81. The third kappa shape index (κ3) is 6.53. The highest BCUT2D eigenvalue weighted by Gasteiger charge is 2.43. The van der Waals surface area contributed by atoms with Crippen LogP contribution in [0.25, 0.3) is 5.57 Å². The zero-order valence-corrected chi connectivity index (χ0v) is 24.7. The molecule has 3 aromatic carbocycles. The summed E-state index contributed by atoms with van der Waals surface area (Å²) in [6.07, 6.45) is 3.67. The van der Waals surface area contributed by atoms with E-state index < -0.39 is 23.2 Å². The fraction of sp³-hybridized carbons (Fsp3) is 0.371. The zero-order valence-electron chi connectivity index (χ0n) is 24.7. The highest BCUT2D eigenvalue weighted by atomic mass is 19.2. The molecule has 1 saturated carbocycles. The van der Waals surface area contributed by atoms with Crippen LogP contribution in [0.4, 0.5) is 13.2 Å². The number of ether oxygens (including phenoxy) is 1. The van der Waals surface area contributed by atoms with Gasteiger partial charge in [-0.1, -0.05) is 54.6 Å². The number of nitrogens with zero attached hydrogens (tertiary/aromatic N) is 2. The van der Waals surface area contributed by atoms with Gasteiger partial charge in [0, 0.05) is 44.2 Å². The second-order valence-electron chi connectivity index (χ2n) is 11.9. The van der Waals surface area contributed by atoms with Gasteiger partial charge < -0.3 is 19.9 Å². The molecule has 0 unspecified atom stereocenters. The van der Waals surface area contributed by atoms with Crippen molar-refractivity contribution in [3.63, 3.8) is 0 Å². The Kier molecular flexibility index (Phi) is 8.75. The summed E-state index contributed by atoms with van der Waals surface area (Å²) < 4.78 is 46.4. The Hall–Kier alpha value is -4.11. The summed E-state index contributed by atoms with van der Waals surface area (Å²) in [5, 5.41) is 3.63. The average molecular weight is 604 g/mol. The van der Waals surface area contributed by atoms with E-state index in [0.717, 1.165) is 52.8 Å². The van der Waals surface area contributed by atoms with Crippen molar-refractivity contribution in [1.29, 1.82) is 0 Å². The van der Waals surface area contributed by atoms with Gasteiger partial charge in [-0.05, 0) is 66.5 Å². The molecule has 44 heavy (non-hydrogen) atoms. The number of fused-ring (bicyclic) bond motifs is 2. The first-order valence-corrected chi connectivity index (χ1v) is 15.2. The maximum atomic E-state index is 14.4. The van der Waals surface area contributed by atoms with Crippen molar-refractivity contribution < 1.29 is 27.5 Å². The number of benzene rings is 3. The second kappa shape index (κ2) is 12.9. The molecular formula is C35H36F3N3O3. The van der Waals surface area contributed by atoms with Crippen LogP contribution in [0.1, 0.15) is 49.3 Å². The van der Waals surface area contributed by atoms with Crippen LogP contribution >= 0.6 is 0 Å². The molecule has 2 amide bonds. The SMILES string of the molecule is CC(=O)N1C[C@H]2CC(c3ccc(CCCOc4c(F)ccc(F)c4F)cc3)=C(C(=O)N(Cc3ccccc3)C3CC3)[C@@H](C1)N2. The molecule has 0 spiro atoms.